The smallest absolute Gasteiger partial charge is 0.748 e. The van der Waals surface area contributed by atoms with Gasteiger partial charge in [0.1, 0.15) is 27.2 Å². The van der Waals surface area contributed by atoms with E-state index in [4.69, 9.17) is 4.18 Å². The van der Waals surface area contributed by atoms with Crippen molar-refractivity contribution in [3.63, 3.8) is 0 Å². The van der Waals surface area contributed by atoms with Crippen LogP contribution in [0, 0.1) is 11.8 Å². The second-order valence-corrected chi connectivity index (χ2v) is 19.4. The predicted octanol–water partition coefficient (Wildman–Crippen LogP) is -11.4. The maximum absolute atomic E-state index is 12.6. The van der Waals surface area contributed by atoms with Gasteiger partial charge in [-0.15, -0.1) is 0 Å². The van der Waals surface area contributed by atoms with E-state index < -0.39 is 58.1 Å². The zero-order chi connectivity index (χ0) is 48.8. The van der Waals surface area contributed by atoms with Crippen LogP contribution in [0.3, 0.4) is 0 Å². The normalized spacial score (nSPS) is 12.7. The first-order valence-electron chi connectivity index (χ1n) is 19.8. The molecule has 364 valence electrons. The maximum atomic E-state index is 12.6. The molecule has 0 bridgehead atoms. The SMILES string of the molecule is CCN(CC(C)CO)c1nc(NCCS(=O)(=O)[O-])nc(Nc2ccc(C=Cc3ccc(Nc4nc(NCCS(=O)(=O)[O-])nc(N(CC)CC(C)CO)n4)cc3S(=O)(=O)[O-])c(OS(=O)[O-])c2)n1.[K+].[K+].[K+].[K+]. The van der Waals surface area contributed by atoms with Crippen LogP contribution in [0.1, 0.15) is 38.8 Å². The monoisotopic (exact) mass is 1160 g/mol. The first-order chi connectivity index (χ1) is 31.0. The largest absolute Gasteiger partial charge is 1.00 e. The van der Waals surface area contributed by atoms with Crippen LogP contribution in [0.5, 0.6) is 5.75 Å². The van der Waals surface area contributed by atoms with Crippen LogP contribution in [-0.2, 0) is 41.7 Å². The van der Waals surface area contributed by atoms with Crippen molar-refractivity contribution in [1.82, 2.24) is 29.9 Å². The second-order valence-electron chi connectivity index (χ2n) is 14.4. The van der Waals surface area contributed by atoms with Crippen molar-refractivity contribution >= 4 is 101 Å². The summed E-state index contributed by atoms with van der Waals surface area (Å²) in [7, 11) is -14.3. The Morgan fingerprint density at radius 1 is 0.657 bits per heavy atom. The van der Waals surface area contributed by atoms with Crippen LogP contribution >= 0.6 is 0 Å². The van der Waals surface area contributed by atoms with E-state index in [0.29, 0.717) is 26.2 Å². The van der Waals surface area contributed by atoms with Crippen molar-refractivity contribution in [3.05, 3.63) is 47.5 Å². The average molecular weight is 1160 g/mol. The minimum atomic E-state index is -5.19. The second kappa shape index (κ2) is 34.1. The molecule has 4 aromatic rings. The molecule has 0 amide bonds. The molecule has 2 aromatic heterocycles. The number of aliphatic hydroxyl groups is 2. The van der Waals surface area contributed by atoms with Gasteiger partial charge < -0.3 is 63.7 Å². The van der Waals surface area contributed by atoms with E-state index in [1.807, 2.05) is 6.92 Å². The van der Waals surface area contributed by atoms with Crippen LogP contribution < -0.4 is 241 Å². The number of hydrogen-bond acceptors (Lipinski definition) is 26. The molecule has 4 rings (SSSR count). The molecule has 2 aromatic carbocycles. The Morgan fingerprint density at radius 2 is 1.06 bits per heavy atom. The first-order valence-corrected chi connectivity index (χ1v) is 25.4. The number of nitrogens with one attached hydrogen (secondary N) is 4. The van der Waals surface area contributed by atoms with E-state index in [2.05, 4.69) is 51.2 Å². The molecular weight excluding hydrogens is 1110 g/mol. The number of nitrogens with zero attached hydrogens (tertiary/aromatic N) is 8. The van der Waals surface area contributed by atoms with Crippen LogP contribution in [0.25, 0.3) is 12.2 Å². The average Bonchev–Trinajstić information content (AvgIpc) is 3.22. The Bertz CT molecular complexity index is 2710. The molecule has 0 fully saturated rings. The predicted molar refractivity (Wildman–Crippen MR) is 240 cm³/mol. The van der Waals surface area contributed by atoms with Crippen LogP contribution in [0.2, 0.25) is 0 Å². The van der Waals surface area contributed by atoms with Gasteiger partial charge in [-0.3, -0.25) is 0 Å². The summed E-state index contributed by atoms with van der Waals surface area (Å²) in [4.78, 5) is 28.5. The Morgan fingerprint density at radius 3 is 1.44 bits per heavy atom. The fraction of sp³-hybridized carbons (Fsp3) is 0.444. The molecule has 0 spiro atoms. The zero-order valence-electron chi connectivity index (χ0n) is 39.8. The van der Waals surface area contributed by atoms with Gasteiger partial charge in [0.25, 0.3) is 0 Å². The van der Waals surface area contributed by atoms with Crippen LogP contribution in [0.4, 0.5) is 47.1 Å². The van der Waals surface area contributed by atoms with Crippen LogP contribution in [-0.4, -0.2) is 152 Å². The third kappa shape index (κ3) is 25.5. The van der Waals surface area contributed by atoms with E-state index in [0.717, 1.165) is 6.07 Å². The molecule has 34 heteroatoms. The minimum absolute atomic E-state index is 0. The molecule has 26 nitrogen and oxygen atoms in total. The van der Waals surface area contributed by atoms with Crippen molar-refractivity contribution in [3.8, 4) is 5.75 Å². The van der Waals surface area contributed by atoms with Gasteiger partial charge in [-0.25, -0.2) is 29.5 Å². The van der Waals surface area contributed by atoms with Gasteiger partial charge in [0.15, 0.2) is 0 Å². The zero-order valence-corrected chi connectivity index (χ0v) is 55.6. The summed E-state index contributed by atoms with van der Waals surface area (Å²) in [5.41, 5.74) is 0.147. The molecule has 2 heterocycles. The summed E-state index contributed by atoms with van der Waals surface area (Å²) in [5, 5.41) is 30.2. The Kier molecular flexibility index (Phi) is 34.6. The molecule has 70 heavy (non-hydrogen) atoms. The Labute approximate surface area is 579 Å². The Hall–Kier alpha value is 1.11. The quantitative estimate of drug-likeness (QED) is 0.0140. The van der Waals surface area contributed by atoms with Gasteiger partial charge in [-0.05, 0) is 55.5 Å². The topological polar surface area (TPSA) is 393 Å². The molecule has 0 aliphatic carbocycles. The molecule has 0 aliphatic rings. The van der Waals surface area contributed by atoms with Gasteiger partial charge in [0, 0.05) is 75.5 Å². The molecular formula is C36H48K4N12O14S4. The minimum Gasteiger partial charge on any atom is -0.748 e. The molecule has 0 saturated carbocycles. The van der Waals surface area contributed by atoms with Crippen LogP contribution in [0.15, 0.2) is 41.3 Å². The van der Waals surface area contributed by atoms with Crippen molar-refractivity contribution < 1.29 is 268 Å². The van der Waals surface area contributed by atoms with Gasteiger partial charge in [0.05, 0.1) is 36.6 Å². The number of anilines is 8. The molecule has 6 N–H and O–H groups in total. The number of benzene rings is 2. The fourth-order valence-corrected chi connectivity index (χ4v) is 7.42. The van der Waals surface area contributed by atoms with Gasteiger partial charge >= 0.3 is 206 Å². The maximum Gasteiger partial charge on any atom is 1.00 e. The third-order valence-corrected chi connectivity index (χ3v) is 11.6. The number of aromatic nitrogens is 6. The molecule has 0 saturated heterocycles. The van der Waals surface area contributed by atoms with E-state index >= 15 is 0 Å². The summed E-state index contributed by atoms with van der Waals surface area (Å²) in [6.45, 7) is 7.56. The molecule has 3 unspecified atom stereocenters. The summed E-state index contributed by atoms with van der Waals surface area (Å²) in [5.74, 6) is -2.56. The third-order valence-electron chi connectivity index (χ3n) is 8.94. The van der Waals surface area contributed by atoms with Gasteiger partial charge in [-0.1, -0.05) is 32.1 Å². The van der Waals surface area contributed by atoms with E-state index in [1.54, 1.807) is 30.6 Å². The summed E-state index contributed by atoms with van der Waals surface area (Å²) in [6, 6.07) is 7.75. The Balaban J connectivity index is 0.0000119. The van der Waals surface area contributed by atoms with Gasteiger partial charge in [-0.2, -0.15) is 29.9 Å². The van der Waals surface area contributed by atoms with E-state index in [-0.39, 0.29) is 308 Å². The number of aliphatic hydroxyl groups excluding tert-OH is 2. The summed E-state index contributed by atoms with van der Waals surface area (Å²) in [6.07, 6.45) is 2.50. The number of hydrogen-bond donors (Lipinski definition) is 6. The van der Waals surface area contributed by atoms with Crippen molar-refractivity contribution in [2.45, 2.75) is 32.6 Å². The summed E-state index contributed by atoms with van der Waals surface area (Å²) >= 11 is -3.12. The van der Waals surface area contributed by atoms with Gasteiger partial charge in [0.2, 0.25) is 35.7 Å². The van der Waals surface area contributed by atoms with Crippen molar-refractivity contribution in [2.75, 3.05) is 95.1 Å². The van der Waals surface area contributed by atoms with E-state index in [9.17, 15) is 57.9 Å². The fourth-order valence-electron chi connectivity index (χ4n) is 5.73. The first kappa shape index (κ1) is 71.1. The van der Waals surface area contributed by atoms with Crippen molar-refractivity contribution in [1.29, 1.82) is 0 Å². The van der Waals surface area contributed by atoms with Crippen molar-refractivity contribution in [2.24, 2.45) is 11.8 Å². The summed E-state index contributed by atoms with van der Waals surface area (Å²) < 4.78 is 133. The molecule has 3 atom stereocenters. The molecule has 0 aliphatic heterocycles. The molecule has 0 radical (unpaired) electrons. The number of rotatable bonds is 27. The van der Waals surface area contributed by atoms with E-state index in [1.165, 1.54) is 42.5 Å². The standard InChI is InChI=1S/C36H52N12O14S4.4K/c1-5-47(19-23(3)21-49)35-43-31(37-13-15-64(53,54)55)41-33(45-35)39-27-11-9-25(29(17-27)62-63(51)52)7-8-26-10-12-28(18-30(26)66(59,60)61)40-34-42-32(38-14-16-65(56,57)58)44-36(46-34)48(6-2)20-24(4)22-50;;;;/h7-12,17-18,23-24,49-50H,5-6,13-16,19-22H2,1-4H3,(H,51,52)(H,53,54,55)(H,56,57,58)(H,59,60,61)(H2,37,39,41,43,45)(H2,38,40,42,44,46);;;;/q;4*+1/p-4.